The SMILES string of the molecule is CCc1ccc(NC(=O)CCN(C(C)=O)c2ccc(OC)cc2)cc1. The molecule has 5 heteroatoms. The fourth-order valence-corrected chi connectivity index (χ4v) is 2.49. The number of carbonyl (C=O) groups excluding carboxylic acids is 2. The first-order chi connectivity index (χ1) is 12.0. The van der Waals surface area contributed by atoms with Crippen LogP contribution in [-0.4, -0.2) is 25.5 Å². The van der Waals surface area contributed by atoms with Crippen LogP contribution in [0.4, 0.5) is 11.4 Å². The average molecular weight is 340 g/mol. The fraction of sp³-hybridized carbons (Fsp3) is 0.300. The van der Waals surface area contributed by atoms with E-state index < -0.39 is 0 Å². The highest BCUT2D eigenvalue weighted by atomic mass is 16.5. The molecule has 0 aliphatic heterocycles. The van der Waals surface area contributed by atoms with E-state index in [4.69, 9.17) is 4.74 Å². The molecule has 2 aromatic carbocycles. The number of ether oxygens (including phenoxy) is 1. The number of aryl methyl sites for hydroxylation is 1. The van der Waals surface area contributed by atoms with Crippen LogP contribution in [0.3, 0.4) is 0 Å². The van der Waals surface area contributed by atoms with Crippen LogP contribution in [-0.2, 0) is 16.0 Å². The van der Waals surface area contributed by atoms with Gasteiger partial charge >= 0.3 is 0 Å². The molecule has 1 N–H and O–H groups in total. The zero-order chi connectivity index (χ0) is 18.2. The summed E-state index contributed by atoms with van der Waals surface area (Å²) in [6.45, 7) is 3.90. The molecule has 5 nitrogen and oxygen atoms in total. The van der Waals surface area contributed by atoms with Gasteiger partial charge in [-0.1, -0.05) is 19.1 Å². The van der Waals surface area contributed by atoms with Crippen LogP contribution >= 0.6 is 0 Å². The summed E-state index contributed by atoms with van der Waals surface area (Å²) < 4.78 is 5.12. The number of hydrogen-bond donors (Lipinski definition) is 1. The number of methoxy groups -OCH3 is 1. The number of carbonyl (C=O) groups is 2. The zero-order valence-corrected chi connectivity index (χ0v) is 14.9. The first-order valence-corrected chi connectivity index (χ1v) is 8.34. The summed E-state index contributed by atoms with van der Waals surface area (Å²) >= 11 is 0. The number of rotatable bonds is 7. The highest BCUT2D eigenvalue weighted by Crippen LogP contribution is 2.20. The van der Waals surface area contributed by atoms with Gasteiger partial charge in [-0.2, -0.15) is 0 Å². The van der Waals surface area contributed by atoms with Crippen molar-refractivity contribution in [3.8, 4) is 5.75 Å². The summed E-state index contributed by atoms with van der Waals surface area (Å²) in [5, 5.41) is 2.86. The Morgan fingerprint density at radius 3 is 2.20 bits per heavy atom. The Bertz CT molecular complexity index is 709. The summed E-state index contributed by atoms with van der Waals surface area (Å²) in [6.07, 6.45) is 1.19. The number of nitrogens with zero attached hydrogens (tertiary/aromatic N) is 1. The van der Waals surface area contributed by atoms with Crippen LogP contribution in [0.5, 0.6) is 5.75 Å². The Hall–Kier alpha value is -2.82. The third-order valence-electron chi connectivity index (χ3n) is 3.97. The predicted octanol–water partition coefficient (Wildman–Crippen LogP) is 3.64. The van der Waals surface area contributed by atoms with Crippen molar-refractivity contribution in [3.05, 3.63) is 54.1 Å². The summed E-state index contributed by atoms with van der Waals surface area (Å²) in [6, 6.07) is 15.0. The molecule has 0 aliphatic carbocycles. The Balaban J connectivity index is 1.95. The van der Waals surface area contributed by atoms with Crippen LogP contribution in [0.1, 0.15) is 25.8 Å². The highest BCUT2D eigenvalue weighted by Gasteiger charge is 2.13. The summed E-state index contributed by atoms with van der Waals surface area (Å²) in [7, 11) is 1.59. The van der Waals surface area contributed by atoms with E-state index in [1.165, 1.54) is 12.5 Å². The minimum atomic E-state index is -0.121. The molecule has 0 saturated heterocycles. The Morgan fingerprint density at radius 2 is 1.68 bits per heavy atom. The molecule has 2 amide bonds. The third kappa shape index (κ3) is 5.35. The molecular weight excluding hydrogens is 316 g/mol. The number of anilines is 2. The molecule has 0 heterocycles. The van der Waals surface area contributed by atoms with Crippen molar-refractivity contribution in [1.29, 1.82) is 0 Å². The molecule has 0 spiro atoms. The molecule has 0 aliphatic rings. The zero-order valence-electron chi connectivity index (χ0n) is 14.9. The van der Waals surface area contributed by atoms with Gasteiger partial charge in [0.1, 0.15) is 5.75 Å². The van der Waals surface area contributed by atoms with E-state index in [2.05, 4.69) is 12.2 Å². The van der Waals surface area contributed by atoms with E-state index in [0.29, 0.717) is 6.54 Å². The Kier molecular flexibility index (Phi) is 6.57. The normalized spacial score (nSPS) is 10.2. The number of benzene rings is 2. The van der Waals surface area contributed by atoms with Gasteiger partial charge in [-0.3, -0.25) is 9.59 Å². The van der Waals surface area contributed by atoms with Crippen LogP contribution in [0.2, 0.25) is 0 Å². The van der Waals surface area contributed by atoms with Gasteiger partial charge in [0.2, 0.25) is 11.8 Å². The topological polar surface area (TPSA) is 58.6 Å². The maximum absolute atomic E-state index is 12.2. The fourth-order valence-electron chi connectivity index (χ4n) is 2.49. The summed E-state index contributed by atoms with van der Waals surface area (Å²) in [5.74, 6) is 0.495. The summed E-state index contributed by atoms with van der Waals surface area (Å²) in [4.78, 5) is 25.6. The van der Waals surface area contributed by atoms with Gasteiger partial charge in [-0.25, -0.2) is 0 Å². The number of amides is 2. The quantitative estimate of drug-likeness (QED) is 0.837. The molecule has 2 aromatic rings. The lowest BCUT2D eigenvalue weighted by molar-refractivity contribution is -0.117. The summed E-state index contributed by atoms with van der Waals surface area (Å²) in [5.41, 5.74) is 2.73. The van der Waals surface area contributed by atoms with Gasteiger partial charge in [0.05, 0.1) is 7.11 Å². The van der Waals surface area contributed by atoms with E-state index in [1.807, 2.05) is 36.4 Å². The maximum atomic E-state index is 12.2. The van der Waals surface area contributed by atoms with Gasteiger partial charge in [-0.05, 0) is 48.4 Å². The molecule has 0 fully saturated rings. The van der Waals surface area contributed by atoms with Crippen LogP contribution in [0.15, 0.2) is 48.5 Å². The highest BCUT2D eigenvalue weighted by molar-refractivity contribution is 5.94. The van der Waals surface area contributed by atoms with Crippen LogP contribution < -0.4 is 15.0 Å². The van der Waals surface area contributed by atoms with Gasteiger partial charge < -0.3 is 15.0 Å². The largest absolute Gasteiger partial charge is 0.497 e. The van der Waals surface area contributed by atoms with E-state index in [-0.39, 0.29) is 18.2 Å². The van der Waals surface area contributed by atoms with Crippen molar-refractivity contribution in [2.24, 2.45) is 0 Å². The molecular formula is C20H24N2O3. The first-order valence-electron chi connectivity index (χ1n) is 8.34. The lowest BCUT2D eigenvalue weighted by Gasteiger charge is -2.21. The standard InChI is InChI=1S/C20H24N2O3/c1-4-16-5-7-17(8-6-16)21-20(24)13-14-22(15(2)23)18-9-11-19(25-3)12-10-18/h5-12H,4,13-14H2,1-3H3,(H,21,24). The van der Waals surface area contributed by atoms with Gasteiger partial charge in [-0.15, -0.1) is 0 Å². The average Bonchev–Trinajstić information content (AvgIpc) is 2.62. The predicted molar refractivity (Wildman–Crippen MR) is 100 cm³/mol. The monoisotopic (exact) mass is 340 g/mol. The maximum Gasteiger partial charge on any atom is 0.226 e. The van der Waals surface area contributed by atoms with Crippen molar-refractivity contribution in [1.82, 2.24) is 0 Å². The Labute approximate surface area is 148 Å². The molecule has 0 atom stereocenters. The first kappa shape index (κ1) is 18.5. The van der Waals surface area contributed by atoms with Gasteiger partial charge in [0.25, 0.3) is 0 Å². The molecule has 0 aromatic heterocycles. The smallest absolute Gasteiger partial charge is 0.226 e. The third-order valence-corrected chi connectivity index (χ3v) is 3.97. The van der Waals surface area contributed by atoms with Crippen molar-refractivity contribution in [2.45, 2.75) is 26.7 Å². The molecule has 0 radical (unpaired) electrons. The molecule has 0 unspecified atom stereocenters. The van der Waals surface area contributed by atoms with E-state index in [0.717, 1.165) is 23.5 Å². The van der Waals surface area contributed by atoms with Crippen molar-refractivity contribution < 1.29 is 14.3 Å². The lowest BCUT2D eigenvalue weighted by Crippen LogP contribution is -2.31. The number of nitrogens with one attached hydrogen (secondary N) is 1. The number of hydrogen-bond acceptors (Lipinski definition) is 3. The van der Waals surface area contributed by atoms with Crippen LogP contribution in [0, 0.1) is 0 Å². The van der Waals surface area contributed by atoms with Crippen LogP contribution in [0.25, 0.3) is 0 Å². The van der Waals surface area contributed by atoms with Crippen molar-refractivity contribution in [3.63, 3.8) is 0 Å². The molecule has 2 rings (SSSR count). The second-order valence-corrected chi connectivity index (χ2v) is 5.72. The lowest BCUT2D eigenvalue weighted by atomic mass is 10.1. The van der Waals surface area contributed by atoms with E-state index in [1.54, 1.807) is 24.1 Å². The van der Waals surface area contributed by atoms with Gasteiger partial charge in [0, 0.05) is 31.3 Å². The molecule has 0 saturated carbocycles. The van der Waals surface area contributed by atoms with E-state index in [9.17, 15) is 9.59 Å². The minimum absolute atomic E-state index is 0.106. The molecule has 132 valence electrons. The van der Waals surface area contributed by atoms with E-state index >= 15 is 0 Å². The second kappa shape index (κ2) is 8.87. The Morgan fingerprint density at radius 1 is 1.04 bits per heavy atom. The van der Waals surface area contributed by atoms with Crippen molar-refractivity contribution >= 4 is 23.2 Å². The molecule has 25 heavy (non-hydrogen) atoms. The van der Waals surface area contributed by atoms with Crippen molar-refractivity contribution in [2.75, 3.05) is 23.9 Å². The van der Waals surface area contributed by atoms with Gasteiger partial charge in [0.15, 0.2) is 0 Å². The molecule has 0 bridgehead atoms. The second-order valence-electron chi connectivity index (χ2n) is 5.72. The minimum Gasteiger partial charge on any atom is -0.497 e.